The third-order valence-corrected chi connectivity index (χ3v) is 4.38. The van der Waals surface area contributed by atoms with Crippen molar-refractivity contribution in [3.8, 4) is 0 Å². The van der Waals surface area contributed by atoms with Crippen LogP contribution in [0.3, 0.4) is 0 Å². The molecule has 0 fully saturated rings. The summed E-state index contributed by atoms with van der Waals surface area (Å²) in [5.41, 5.74) is 3.72. The average molecular weight is 294 g/mol. The number of nitrogens with zero attached hydrogens (tertiary/aromatic N) is 3. The minimum Gasteiger partial charge on any atom is -0.357 e. The number of nitrogens with one attached hydrogen (secondary N) is 1. The fourth-order valence-electron chi connectivity index (χ4n) is 3.21. The second kappa shape index (κ2) is 5.33. The van der Waals surface area contributed by atoms with Crippen LogP contribution in [-0.4, -0.2) is 31.9 Å². The van der Waals surface area contributed by atoms with Crippen molar-refractivity contribution in [1.29, 1.82) is 0 Å². The minimum absolute atomic E-state index is 0.206. The molecule has 2 aromatic heterocycles. The molecule has 1 N–H and O–H groups in total. The molecule has 0 radical (unpaired) electrons. The van der Waals surface area contributed by atoms with Crippen LogP contribution in [0.1, 0.15) is 17.7 Å². The van der Waals surface area contributed by atoms with Gasteiger partial charge in [-0.1, -0.05) is 18.2 Å². The molecular formula is C17H18N4O. The van der Waals surface area contributed by atoms with Crippen molar-refractivity contribution in [2.75, 3.05) is 6.54 Å². The molecule has 1 aliphatic rings. The van der Waals surface area contributed by atoms with Crippen LogP contribution in [0.2, 0.25) is 0 Å². The number of benzene rings is 1. The van der Waals surface area contributed by atoms with Gasteiger partial charge in [-0.25, -0.2) is 4.98 Å². The Morgan fingerprint density at radius 2 is 2.23 bits per heavy atom. The summed E-state index contributed by atoms with van der Waals surface area (Å²) in [4.78, 5) is 21.8. The fourth-order valence-corrected chi connectivity index (χ4v) is 3.21. The molecule has 0 unspecified atom stereocenters. The predicted molar refractivity (Wildman–Crippen MR) is 84.3 cm³/mol. The maximum absolute atomic E-state index is 12.4. The summed E-state index contributed by atoms with van der Waals surface area (Å²) in [5, 5.41) is 1.29. The molecular weight excluding hydrogens is 276 g/mol. The summed E-state index contributed by atoms with van der Waals surface area (Å²) in [7, 11) is 0. The Hall–Kier alpha value is -2.56. The molecule has 4 rings (SSSR count). The van der Waals surface area contributed by atoms with Gasteiger partial charge in [-0.2, -0.15) is 0 Å². The van der Waals surface area contributed by atoms with E-state index in [-0.39, 0.29) is 5.91 Å². The Labute approximate surface area is 128 Å². The van der Waals surface area contributed by atoms with E-state index in [0.29, 0.717) is 19.5 Å². The van der Waals surface area contributed by atoms with Crippen LogP contribution in [0, 0.1) is 0 Å². The average Bonchev–Trinajstić information content (AvgIpc) is 3.19. The summed E-state index contributed by atoms with van der Waals surface area (Å²) in [6.45, 7) is 2.18. The van der Waals surface area contributed by atoms with E-state index in [1.807, 2.05) is 21.7 Å². The van der Waals surface area contributed by atoms with Gasteiger partial charge in [0.1, 0.15) is 0 Å². The fraction of sp³-hybridized carbons (Fsp3) is 0.294. The third-order valence-electron chi connectivity index (χ3n) is 4.38. The number of hydrogen-bond donors (Lipinski definition) is 1. The highest BCUT2D eigenvalue weighted by molar-refractivity contribution is 5.85. The summed E-state index contributed by atoms with van der Waals surface area (Å²) in [6, 6.07) is 8.36. The monoisotopic (exact) mass is 294 g/mol. The van der Waals surface area contributed by atoms with Gasteiger partial charge in [0.25, 0.3) is 0 Å². The molecule has 0 atom stereocenters. The van der Waals surface area contributed by atoms with Crippen LogP contribution < -0.4 is 0 Å². The first-order valence-corrected chi connectivity index (χ1v) is 7.63. The van der Waals surface area contributed by atoms with E-state index in [2.05, 4.69) is 28.2 Å². The molecule has 0 bridgehead atoms. The standard InChI is InChI=1S/C17H18N4O/c22-17(6-8-20-10-7-18-12-20)21-9-5-14-13-3-1-2-4-15(13)19-16(14)11-21/h1-4,7,10,12,19H,5-6,8-9,11H2. The lowest BCUT2D eigenvalue weighted by Gasteiger charge is -2.27. The highest BCUT2D eigenvalue weighted by Gasteiger charge is 2.23. The smallest absolute Gasteiger partial charge is 0.224 e. The summed E-state index contributed by atoms with van der Waals surface area (Å²) >= 11 is 0. The zero-order valence-electron chi connectivity index (χ0n) is 12.3. The topological polar surface area (TPSA) is 53.9 Å². The number of aryl methyl sites for hydroxylation is 1. The highest BCUT2D eigenvalue weighted by Crippen LogP contribution is 2.27. The second-order valence-corrected chi connectivity index (χ2v) is 5.74. The summed E-state index contributed by atoms with van der Waals surface area (Å²) < 4.78 is 1.94. The van der Waals surface area contributed by atoms with Crippen LogP contribution >= 0.6 is 0 Å². The van der Waals surface area contributed by atoms with Crippen LogP contribution in [-0.2, 0) is 24.3 Å². The van der Waals surface area contributed by atoms with E-state index < -0.39 is 0 Å². The van der Waals surface area contributed by atoms with Crippen LogP contribution in [0.15, 0.2) is 43.0 Å². The first-order chi connectivity index (χ1) is 10.8. The van der Waals surface area contributed by atoms with Crippen LogP contribution in [0.5, 0.6) is 0 Å². The molecule has 1 aromatic carbocycles. The van der Waals surface area contributed by atoms with Crippen molar-refractivity contribution in [2.24, 2.45) is 0 Å². The molecule has 3 aromatic rings. The molecule has 0 aliphatic carbocycles. The number of carbonyl (C=O) groups is 1. The molecule has 0 saturated heterocycles. The second-order valence-electron chi connectivity index (χ2n) is 5.74. The van der Waals surface area contributed by atoms with E-state index >= 15 is 0 Å². The summed E-state index contributed by atoms with van der Waals surface area (Å²) in [5.74, 6) is 0.206. The number of para-hydroxylation sites is 1. The number of fused-ring (bicyclic) bond motifs is 3. The zero-order valence-corrected chi connectivity index (χ0v) is 12.3. The maximum atomic E-state index is 12.4. The maximum Gasteiger partial charge on any atom is 0.224 e. The van der Waals surface area contributed by atoms with Gasteiger partial charge in [0.15, 0.2) is 0 Å². The molecule has 5 heteroatoms. The quantitative estimate of drug-likeness (QED) is 0.806. The highest BCUT2D eigenvalue weighted by atomic mass is 16.2. The molecule has 0 spiro atoms. The lowest BCUT2D eigenvalue weighted by molar-refractivity contribution is -0.132. The van der Waals surface area contributed by atoms with Gasteiger partial charge in [-0.15, -0.1) is 0 Å². The Morgan fingerprint density at radius 1 is 1.32 bits per heavy atom. The largest absolute Gasteiger partial charge is 0.357 e. The van der Waals surface area contributed by atoms with Gasteiger partial charge < -0.3 is 14.5 Å². The van der Waals surface area contributed by atoms with Gasteiger partial charge in [-0.3, -0.25) is 4.79 Å². The van der Waals surface area contributed by atoms with E-state index in [1.54, 1.807) is 12.5 Å². The van der Waals surface area contributed by atoms with E-state index in [0.717, 1.165) is 13.0 Å². The first-order valence-electron chi connectivity index (χ1n) is 7.63. The molecule has 0 saturated carbocycles. The number of aromatic amines is 1. The Bertz CT molecular complexity index is 803. The normalized spacial score (nSPS) is 14.3. The van der Waals surface area contributed by atoms with Gasteiger partial charge in [0.05, 0.1) is 12.9 Å². The van der Waals surface area contributed by atoms with E-state index in [4.69, 9.17) is 0 Å². The van der Waals surface area contributed by atoms with Crippen LogP contribution in [0.4, 0.5) is 0 Å². The van der Waals surface area contributed by atoms with Crippen molar-refractivity contribution in [3.05, 3.63) is 54.2 Å². The minimum atomic E-state index is 0.206. The Balaban J connectivity index is 1.48. The predicted octanol–water partition coefficient (Wildman–Crippen LogP) is 2.34. The third kappa shape index (κ3) is 2.28. The van der Waals surface area contributed by atoms with Gasteiger partial charge >= 0.3 is 0 Å². The van der Waals surface area contributed by atoms with Gasteiger partial charge in [0.2, 0.25) is 5.91 Å². The lowest BCUT2D eigenvalue weighted by atomic mass is 10.0. The number of rotatable bonds is 3. The van der Waals surface area contributed by atoms with Crippen LogP contribution in [0.25, 0.3) is 10.9 Å². The number of hydrogen-bond acceptors (Lipinski definition) is 2. The van der Waals surface area contributed by atoms with E-state index in [9.17, 15) is 4.79 Å². The van der Waals surface area contributed by atoms with Crippen molar-refractivity contribution in [2.45, 2.75) is 25.9 Å². The van der Waals surface area contributed by atoms with Crippen molar-refractivity contribution in [1.82, 2.24) is 19.4 Å². The lowest BCUT2D eigenvalue weighted by Crippen LogP contribution is -2.36. The first kappa shape index (κ1) is 13.1. The van der Waals surface area contributed by atoms with Crippen molar-refractivity contribution in [3.63, 3.8) is 0 Å². The number of carbonyl (C=O) groups excluding carboxylic acids is 1. The van der Waals surface area contributed by atoms with Crippen molar-refractivity contribution >= 4 is 16.8 Å². The van der Waals surface area contributed by atoms with Gasteiger partial charge in [0, 0.05) is 48.5 Å². The number of aromatic nitrogens is 3. The molecule has 1 amide bonds. The number of imidazole rings is 1. The summed E-state index contributed by atoms with van der Waals surface area (Å²) in [6.07, 6.45) is 6.82. The number of H-pyrrole nitrogens is 1. The Morgan fingerprint density at radius 3 is 3.09 bits per heavy atom. The molecule has 112 valence electrons. The van der Waals surface area contributed by atoms with E-state index in [1.165, 1.54) is 22.2 Å². The van der Waals surface area contributed by atoms with Crippen molar-refractivity contribution < 1.29 is 4.79 Å². The molecule has 22 heavy (non-hydrogen) atoms. The Kier molecular flexibility index (Phi) is 3.18. The molecule has 3 heterocycles. The van der Waals surface area contributed by atoms with Gasteiger partial charge in [-0.05, 0) is 18.1 Å². The SMILES string of the molecule is O=C(CCn1ccnc1)N1CCc2c([nH]c3ccccc23)C1. The molecule has 1 aliphatic heterocycles. The molecule has 5 nitrogen and oxygen atoms in total. The zero-order chi connectivity index (χ0) is 14.9. The number of amides is 1.